The summed E-state index contributed by atoms with van der Waals surface area (Å²) in [6, 6.07) is 0. The predicted molar refractivity (Wildman–Crippen MR) is 64.2 cm³/mol. The Morgan fingerprint density at radius 2 is 2.15 bits per heavy atom. The minimum atomic E-state index is 0.182. The minimum Gasteiger partial charge on any atom is -0.347 e. The molecule has 20 heavy (non-hydrogen) atoms. The molecule has 0 saturated carbocycles. The molecule has 0 atom stereocenters. The summed E-state index contributed by atoms with van der Waals surface area (Å²) in [5.41, 5.74) is 2.35. The van der Waals surface area contributed by atoms with Crippen LogP contribution in [0.2, 0.25) is 0 Å². The van der Waals surface area contributed by atoms with Crippen molar-refractivity contribution >= 4 is 11.9 Å². The van der Waals surface area contributed by atoms with E-state index in [0.717, 1.165) is 0 Å². The van der Waals surface area contributed by atoms with Crippen LogP contribution >= 0.6 is 0 Å². The number of hydrazine groups is 1. The van der Waals surface area contributed by atoms with Gasteiger partial charge in [-0.25, -0.2) is 10.8 Å². The Morgan fingerprint density at radius 3 is 2.85 bits per heavy atom. The number of rotatable bonds is 5. The van der Waals surface area contributed by atoms with Crippen LogP contribution in [0, 0.1) is 0 Å². The first kappa shape index (κ1) is 11.9. The molecular weight excluding hydrogens is 266 g/mol. The van der Waals surface area contributed by atoms with E-state index < -0.39 is 0 Å². The fourth-order valence-corrected chi connectivity index (χ4v) is 1.35. The average Bonchev–Trinajstić information content (AvgIpc) is 3.17. The van der Waals surface area contributed by atoms with E-state index in [9.17, 15) is 0 Å². The SMILES string of the molecule is NNc1nc(NCc2ncon2)nc(-n2cncn2)n1. The number of nitrogens with one attached hydrogen (secondary N) is 2. The molecule has 4 N–H and O–H groups in total. The van der Waals surface area contributed by atoms with Crippen LogP contribution in [0.25, 0.3) is 5.95 Å². The molecule has 0 unspecified atom stereocenters. The van der Waals surface area contributed by atoms with Crippen molar-refractivity contribution in [1.82, 2.24) is 39.9 Å². The molecule has 12 nitrogen and oxygen atoms in total. The number of nitrogens with zero attached hydrogens (tertiary/aromatic N) is 8. The molecule has 0 bridgehead atoms. The Bertz CT molecular complexity index is 664. The lowest BCUT2D eigenvalue weighted by atomic mass is 10.6. The molecule has 0 saturated heterocycles. The van der Waals surface area contributed by atoms with Crippen LogP contribution in [0.4, 0.5) is 11.9 Å². The summed E-state index contributed by atoms with van der Waals surface area (Å²) in [7, 11) is 0. The molecule has 3 rings (SSSR count). The van der Waals surface area contributed by atoms with Crippen LogP contribution in [0.3, 0.4) is 0 Å². The molecule has 0 aromatic carbocycles. The maximum Gasteiger partial charge on any atom is 0.258 e. The van der Waals surface area contributed by atoms with Crippen molar-refractivity contribution < 1.29 is 4.52 Å². The van der Waals surface area contributed by atoms with Crippen molar-refractivity contribution in [2.24, 2.45) is 5.84 Å². The molecular formula is C8H9N11O. The van der Waals surface area contributed by atoms with Gasteiger partial charge < -0.3 is 9.84 Å². The fourth-order valence-electron chi connectivity index (χ4n) is 1.35. The van der Waals surface area contributed by atoms with Gasteiger partial charge in [-0.1, -0.05) is 5.16 Å². The van der Waals surface area contributed by atoms with E-state index in [1.165, 1.54) is 23.7 Å². The second kappa shape index (κ2) is 5.23. The maximum atomic E-state index is 5.32. The highest BCUT2D eigenvalue weighted by molar-refractivity contribution is 5.36. The maximum absolute atomic E-state index is 5.32. The summed E-state index contributed by atoms with van der Waals surface area (Å²) in [6.45, 7) is 0.293. The lowest BCUT2D eigenvalue weighted by Crippen LogP contribution is -2.16. The molecule has 3 heterocycles. The van der Waals surface area contributed by atoms with Crippen LogP contribution in [-0.2, 0) is 6.54 Å². The van der Waals surface area contributed by atoms with Gasteiger partial charge in [-0.05, 0) is 0 Å². The molecule has 3 aromatic heterocycles. The number of nitrogen functional groups attached to an aromatic ring is 1. The Morgan fingerprint density at radius 1 is 1.25 bits per heavy atom. The van der Waals surface area contributed by atoms with Crippen LogP contribution in [-0.4, -0.2) is 39.9 Å². The largest absolute Gasteiger partial charge is 0.347 e. The molecule has 0 amide bonds. The zero-order chi connectivity index (χ0) is 13.8. The highest BCUT2D eigenvalue weighted by Gasteiger charge is 2.08. The molecule has 0 spiro atoms. The van der Waals surface area contributed by atoms with Gasteiger partial charge in [-0.3, -0.25) is 5.43 Å². The first-order chi connectivity index (χ1) is 9.85. The van der Waals surface area contributed by atoms with E-state index in [1.54, 1.807) is 0 Å². The molecule has 102 valence electrons. The second-order valence-electron chi connectivity index (χ2n) is 3.47. The third kappa shape index (κ3) is 2.49. The molecule has 0 aliphatic carbocycles. The molecule has 0 aliphatic rings. The second-order valence-corrected chi connectivity index (χ2v) is 3.47. The van der Waals surface area contributed by atoms with E-state index in [4.69, 9.17) is 5.84 Å². The van der Waals surface area contributed by atoms with Crippen molar-refractivity contribution in [2.75, 3.05) is 10.7 Å². The van der Waals surface area contributed by atoms with Crippen molar-refractivity contribution in [1.29, 1.82) is 0 Å². The van der Waals surface area contributed by atoms with E-state index >= 15 is 0 Å². The van der Waals surface area contributed by atoms with Crippen molar-refractivity contribution in [3.63, 3.8) is 0 Å². The van der Waals surface area contributed by atoms with Gasteiger partial charge in [0.1, 0.15) is 12.7 Å². The summed E-state index contributed by atoms with van der Waals surface area (Å²) in [6.07, 6.45) is 4.06. The topological polar surface area (TPSA) is 158 Å². The summed E-state index contributed by atoms with van der Waals surface area (Å²) in [5, 5.41) is 10.5. The lowest BCUT2D eigenvalue weighted by molar-refractivity contribution is 0.411. The van der Waals surface area contributed by atoms with E-state index in [0.29, 0.717) is 12.4 Å². The molecule has 0 aliphatic heterocycles. The zero-order valence-corrected chi connectivity index (χ0v) is 10.0. The predicted octanol–water partition coefficient (Wildman–Crippen LogP) is -1.27. The smallest absolute Gasteiger partial charge is 0.258 e. The van der Waals surface area contributed by atoms with Crippen LogP contribution in [0.15, 0.2) is 23.6 Å². The number of hydrogen-bond acceptors (Lipinski definition) is 11. The van der Waals surface area contributed by atoms with E-state index in [2.05, 4.69) is 50.4 Å². The normalized spacial score (nSPS) is 10.4. The molecule has 0 radical (unpaired) electrons. The molecule has 3 aromatic rings. The van der Waals surface area contributed by atoms with E-state index in [-0.39, 0.29) is 17.8 Å². The monoisotopic (exact) mass is 275 g/mol. The van der Waals surface area contributed by atoms with Crippen molar-refractivity contribution in [3.8, 4) is 5.95 Å². The Kier molecular flexibility index (Phi) is 3.12. The summed E-state index contributed by atoms with van der Waals surface area (Å²) in [5.74, 6) is 6.51. The molecule has 0 fully saturated rings. The standard InChI is InChI=1S/C8H9N11O/c9-17-7-14-6(11-1-5-12-4-20-18-5)15-8(16-7)19-3-10-2-13-19/h2-4H,1,9H2,(H2,11,14,15,16,17). The Hall–Kier alpha value is -3.15. The van der Waals surface area contributed by atoms with Gasteiger partial charge in [-0.2, -0.15) is 29.7 Å². The summed E-state index contributed by atoms with van der Waals surface area (Å²) >= 11 is 0. The van der Waals surface area contributed by atoms with Gasteiger partial charge >= 0.3 is 0 Å². The number of nitrogens with two attached hydrogens (primary N) is 1. The van der Waals surface area contributed by atoms with Gasteiger partial charge in [0, 0.05) is 0 Å². The van der Waals surface area contributed by atoms with Gasteiger partial charge in [0.05, 0.1) is 6.54 Å². The van der Waals surface area contributed by atoms with Gasteiger partial charge in [-0.15, -0.1) is 0 Å². The van der Waals surface area contributed by atoms with Crippen LogP contribution in [0.1, 0.15) is 5.82 Å². The fraction of sp³-hybridized carbons (Fsp3) is 0.125. The number of anilines is 2. The first-order valence-corrected chi connectivity index (χ1v) is 5.42. The Balaban J connectivity index is 1.84. The van der Waals surface area contributed by atoms with Crippen LogP contribution in [0.5, 0.6) is 0 Å². The van der Waals surface area contributed by atoms with Gasteiger partial charge in [0.2, 0.25) is 18.3 Å². The highest BCUT2D eigenvalue weighted by atomic mass is 16.5. The van der Waals surface area contributed by atoms with Crippen LogP contribution < -0.4 is 16.6 Å². The summed E-state index contributed by atoms with van der Waals surface area (Å²) < 4.78 is 6.00. The first-order valence-electron chi connectivity index (χ1n) is 5.42. The van der Waals surface area contributed by atoms with Crippen molar-refractivity contribution in [2.45, 2.75) is 6.54 Å². The minimum absolute atomic E-state index is 0.182. The summed E-state index contributed by atoms with van der Waals surface area (Å²) in [4.78, 5) is 19.9. The zero-order valence-electron chi connectivity index (χ0n) is 10.0. The lowest BCUT2D eigenvalue weighted by Gasteiger charge is -2.06. The highest BCUT2D eigenvalue weighted by Crippen LogP contribution is 2.08. The third-order valence-corrected chi connectivity index (χ3v) is 2.19. The number of aromatic nitrogens is 8. The van der Waals surface area contributed by atoms with Crippen molar-refractivity contribution in [3.05, 3.63) is 24.9 Å². The number of hydrogen-bond donors (Lipinski definition) is 3. The quantitative estimate of drug-likeness (QED) is 0.376. The third-order valence-electron chi connectivity index (χ3n) is 2.19. The average molecular weight is 275 g/mol. The Labute approximate surface area is 111 Å². The van der Waals surface area contributed by atoms with Gasteiger partial charge in [0.25, 0.3) is 5.95 Å². The van der Waals surface area contributed by atoms with E-state index in [1.807, 2.05) is 0 Å². The molecule has 12 heteroatoms. The van der Waals surface area contributed by atoms with Gasteiger partial charge in [0.15, 0.2) is 5.82 Å².